The fourth-order valence-corrected chi connectivity index (χ4v) is 4.15. The van der Waals surface area contributed by atoms with Gasteiger partial charge in [0, 0.05) is 0 Å². The number of ether oxygens (including phenoxy) is 1. The van der Waals surface area contributed by atoms with Gasteiger partial charge < -0.3 is 4.74 Å². The molecule has 0 spiro atoms. The molecule has 2 aliphatic rings. The molecule has 5 heteroatoms. The van der Waals surface area contributed by atoms with Gasteiger partial charge in [-0.05, 0) is 66.6 Å². The van der Waals surface area contributed by atoms with Crippen molar-refractivity contribution in [3.8, 4) is 5.75 Å². The van der Waals surface area contributed by atoms with E-state index < -0.39 is 5.97 Å². The Morgan fingerprint density at radius 2 is 1.48 bits per heavy atom. The monoisotopic (exact) mass is 417 g/mol. The first kappa shape index (κ1) is 21.0. The molecule has 2 amide bonds. The molecule has 1 heterocycles. The Morgan fingerprint density at radius 3 is 2.00 bits per heavy atom. The molecule has 1 saturated heterocycles. The number of carbonyl (C=O) groups excluding carboxylic acids is 3. The second-order valence-corrected chi connectivity index (χ2v) is 8.87. The van der Waals surface area contributed by atoms with Gasteiger partial charge >= 0.3 is 5.97 Å². The van der Waals surface area contributed by atoms with Crippen LogP contribution in [0.5, 0.6) is 5.75 Å². The van der Waals surface area contributed by atoms with E-state index in [-0.39, 0.29) is 29.1 Å². The number of benzene rings is 2. The standard InChI is InChI=1S/C26H27NO4/c1-4-26(2,3)18-11-15-20(16-12-18)31-25(30)17-9-13-19(14-10-17)27-23(28)21-7-5-6-8-22(21)24(27)29/h5-6,9-16,21-22H,4,7-8H2,1-3H3/t21-,22-/m0/s1. The van der Waals surface area contributed by atoms with Crippen LogP contribution in [0.15, 0.2) is 60.7 Å². The van der Waals surface area contributed by atoms with Crippen molar-refractivity contribution >= 4 is 23.5 Å². The molecule has 2 aromatic rings. The molecule has 0 N–H and O–H groups in total. The van der Waals surface area contributed by atoms with Gasteiger partial charge in [-0.1, -0.05) is 45.1 Å². The summed E-state index contributed by atoms with van der Waals surface area (Å²) < 4.78 is 5.49. The van der Waals surface area contributed by atoms with E-state index in [9.17, 15) is 14.4 Å². The number of anilines is 1. The van der Waals surface area contributed by atoms with Gasteiger partial charge in [-0.15, -0.1) is 0 Å². The number of fused-ring (bicyclic) bond motifs is 1. The Morgan fingerprint density at radius 1 is 0.935 bits per heavy atom. The summed E-state index contributed by atoms with van der Waals surface area (Å²) in [5.74, 6) is -0.877. The quantitative estimate of drug-likeness (QED) is 0.296. The van der Waals surface area contributed by atoms with Gasteiger partial charge in [-0.3, -0.25) is 14.5 Å². The number of amides is 2. The number of imide groups is 1. The Bertz CT molecular complexity index is 1010. The lowest BCUT2D eigenvalue weighted by molar-refractivity contribution is -0.122. The molecule has 2 aromatic carbocycles. The van der Waals surface area contributed by atoms with Crippen LogP contribution in [0, 0.1) is 11.8 Å². The highest BCUT2D eigenvalue weighted by atomic mass is 16.5. The van der Waals surface area contributed by atoms with E-state index in [4.69, 9.17) is 4.74 Å². The molecule has 160 valence electrons. The molecule has 1 fully saturated rings. The van der Waals surface area contributed by atoms with E-state index in [1.165, 1.54) is 10.5 Å². The maximum absolute atomic E-state index is 12.7. The maximum Gasteiger partial charge on any atom is 0.343 e. The van der Waals surface area contributed by atoms with Gasteiger partial charge in [0.05, 0.1) is 23.1 Å². The molecule has 4 rings (SSSR count). The van der Waals surface area contributed by atoms with Crippen molar-refractivity contribution in [1.82, 2.24) is 0 Å². The number of carbonyl (C=O) groups is 3. The van der Waals surface area contributed by atoms with Crippen LogP contribution < -0.4 is 9.64 Å². The summed E-state index contributed by atoms with van der Waals surface area (Å²) in [6.07, 6.45) is 6.14. The van der Waals surface area contributed by atoms with E-state index in [1.54, 1.807) is 36.4 Å². The minimum atomic E-state index is -0.481. The van der Waals surface area contributed by atoms with Crippen LogP contribution in [0.4, 0.5) is 5.69 Å². The fraction of sp³-hybridized carbons (Fsp3) is 0.346. The van der Waals surface area contributed by atoms with Gasteiger partial charge in [-0.2, -0.15) is 0 Å². The average molecular weight is 418 g/mol. The fourth-order valence-electron chi connectivity index (χ4n) is 4.15. The zero-order valence-corrected chi connectivity index (χ0v) is 18.1. The Balaban J connectivity index is 1.45. The molecule has 0 aromatic heterocycles. The highest BCUT2D eigenvalue weighted by molar-refractivity contribution is 6.22. The normalized spacial score (nSPS) is 20.7. The number of nitrogens with zero attached hydrogens (tertiary/aromatic N) is 1. The predicted molar refractivity (Wildman–Crippen MR) is 119 cm³/mol. The van der Waals surface area contributed by atoms with Gasteiger partial charge in [0.2, 0.25) is 11.8 Å². The summed E-state index contributed by atoms with van der Waals surface area (Å²) in [5.41, 5.74) is 2.11. The third kappa shape index (κ3) is 3.92. The summed E-state index contributed by atoms with van der Waals surface area (Å²) in [6, 6.07) is 14.0. The van der Waals surface area contributed by atoms with Gasteiger partial charge in [0.25, 0.3) is 0 Å². The summed E-state index contributed by atoms with van der Waals surface area (Å²) >= 11 is 0. The average Bonchev–Trinajstić information content (AvgIpc) is 3.04. The van der Waals surface area contributed by atoms with Crippen molar-refractivity contribution in [1.29, 1.82) is 0 Å². The van der Waals surface area contributed by atoms with Crippen molar-refractivity contribution in [2.45, 2.75) is 45.4 Å². The van der Waals surface area contributed by atoms with Gasteiger partial charge in [0.15, 0.2) is 0 Å². The smallest absolute Gasteiger partial charge is 0.343 e. The highest BCUT2D eigenvalue weighted by Gasteiger charge is 2.47. The van der Waals surface area contributed by atoms with Crippen LogP contribution in [-0.4, -0.2) is 17.8 Å². The minimum absolute atomic E-state index is 0.0659. The SMILES string of the molecule is CCC(C)(C)c1ccc(OC(=O)c2ccc(N3C(=O)[C@H]4CC=CC[C@@H]4C3=O)cc2)cc1. The second kappa shape index (κ2) is 8.14. The van der Waals surface area contributed by atoms with E-state index in [2.05, 4.69) is 20.8 Å². The van der Waals surface area contributed by atoms with Crippen LogP contribution in [0.25, 0.3) is 0 Å². The van der Waals surface area contributed by atoms with E-state index in [0.29, 0.717) is 29.8 Å². The zero-order chi connectivity index (χ0) is 22.2. The van der Waals surface area contributed by atoms with E-state index >= 15 is 0 Å². The molecule has 1 aliphatic heterocycles. The van der Waals surface area contributed by atoms with Crippen molar-refractivity contribution < 1.29 is 19.1 Å². The molecule has 0 saturated carbocycles. The van der Waals surface area contributed by atoms with Gasteiger partial charge in [-0.25, -0.2) is 4.79 Å². The number of hydrogen-bond donors (Lipinski definition) is 0. The third-order valence-corrected chi connectivity index (χ3v) is 6.60. The Hall–Kier alpha value is -3.21. The second-order valence-electron chi connectivity index (χ2n) is 8.87. The van der Waals surface area contributed by atoms with Gasteiger partial charge in [0.1, 0.15) is 5.75 Å². The van der Waals surface area contributed by atoms with Crippen LogP contribution in [0.1, 0.15) is 56.0 Å². The Kier molecular flexibility index (Phi) is 5.52. The molecule has 0 radical (unpaired) electrons. The zero-order valence-electron chi connectivity index (χ0n) is 18.1. The molecule has 0 bridgehead atoms. The topological polar surface area (TPSA) is 63.7 Å². The lowest BCUT2D eigenvalue weighted by Gasteiger charge is -2.23. The number of esters is 1. The van der Waals surface area contributed by atoms with Crippen molar-refractivity contribution in [2.75, 3.05) is 4.90 Å². The maximum atomic E-state index is 12.7. The molecular weight excluding hydrogens is 390 g/mol. The van der Waals surface area contributed by atoms with Crippen molar-refractivity contribution in [3.05, 3.63) is 71.8 Å². The minimum Gasteiger partial charge on any atom is -0.423 e. The summed E-state index contributed by atoms with van der Waals surface area (Å²) in [4.78, 5) is 39.2. The number of allylic oxidation sites excluding steroid dienone is 2. The third-order valence-electron chi connectivity index (χ3n) is 6.60. The van der Waals surface area contributed by atoms with Crippen LogP contribution in [0.2, 0.25) is 0 Å². The van der Waals surface area contributed by atoms with Crippen molar-refractivity contribution in [2.24, 2.45) is 11.8 Å². The van der Waals surface area contributed by atoms with Crippen LogP contribution in [-0.2, 0) is 15.0 Å². The summed E-state index contributed by atoms with van der Waals surface area (Å²) in [6.45, 7) is 6.50. The lowest BCUT2D eigenvalue weighted by Crippen LogP contribution is -2.30. The number of rotatable bonds is 5. The highest BCUT2D eigenvalue weighted by Crippen LogP contribution is 2.37. The van der Waals surface area contributed by atoms with Crippen LogP contribution >= 0.6 is 0 Å². The molecule has 5 nitrogen and oxygen atoms in total. The summed E-state index contributed by atoms with van der Waals surface area (Å²) in [7, 11) is 0. The Labute approximate surface area is 182 Å². The molecule has 1 aliphatic carbocycles. The molecule has 0 unspecified atom stereocenters. The van der Waals surface area contributed by atoms with Crippen LogP contribution in [0.3, 0.4) is 0 Å². The molecule has 31 heavy (non-hydrogen) atoms. The first-order valence-corrected chi connectivity index (χ1v) is 10.8. The predicted octanol–water partition coefficient (Wildman–Crippen LogP) is 5.05. The molecular formula is C26H27NO4. The van der Waals surface area contributed by atoms with Crippen molar-refractivity contribution in [3.63, 3.8) is 0 Å². The largest absolute Gasteiger partial charge is 0.423 e. The van der Waals surface area contributed by atoms with E-state index in [1.807, 2.05) is 24.3 Å². The lowest BCUT2D eigenvalue weighted by atomic mass is 9.82. The number of hydrogen-bond acceptors (Lipinski definition) is 4. The first-order chi connectivity index (χ1) is 14.8. The van der Waals surface area contributed by atoms with E-state index in [0.717, 1.165) is 6.42 Å². The first-order valence-electron chi connectivity index (χ1n) is 10.8. The summed E-state index contributed by atoms with van der Waals surface area (Å²) in [5, 5.41) is 0. The molecule has 2 atom stereocenters.